The van der Waals surface area contributed by atoms with Gasteiger partial charge in [-0.2, -0.15) is 13.2 Å². The smallest absolute Gasteiger partial charge is 0.416 e. The Morgan fingerprint density at radius 2 is 1.83 bits per heavy atom. The molecule has 4 rings (SSSR count). The van der Waals surface area contributed by atoms with Crippen LogP contribution >= 0.6 is 15.9 Å². The van der Waals surface area contributed by atoms with Gasteiger partial charge in [-0.1, -0.05) is 46.3 Å². The zero-order valence-electron chi connectivity index (χ0n) is 19.0. The van der Waals surface area contributed by atoms with Crippen molar-refractivity contribution in [2.24, 2.45) is 0 Å². The van der Waals surface area contributed by atoms with E-state index in [1.807, 2.05) is 37.3 Å². The number of benzene rings is 3. The lowest BCUT2D eigenvalue weighted by Crippen LogP contribution is -2.31. The lowest BCUT2D eigenvalue weighted by Gasteiger charge is -2.22. The standard InChI is InChI=1S/C26H21BrF3NO5/c1-15-24(17-5-3-2-4-6-17)36-25(34)31(15)14-18-12-20(27)7-8-22(18)35-21-10-16(11-23(32)33)9-19(13-21)26(28,29)30/h2-10,12-13,15,24H,11,14H2,1H3,(H,32,33)/t15-,24-/m0/s1. The normalized spacial score (nSPS) is 17.7. The number of aliphatic carboxylic acids is 1. The van der Waals surface area contributed by atoms with E-state index in [0.29, 0.717) is 10.0 Å². The van der Waals surface area contributed by atoms with Crippen molar-refractivity contribution in [3.63, 3.8) is 0 Å². The summed E-state index contributed by atoms with van der Waals surface area (Å²) in [5.74, 6) is -1.20. The number of hydrogen-bond acceptors (Lipinski definition) is 4. The Hall–Kier alpha value is -3.53. The number of rotatable bonds is 7. The molecule has 1 saturated heterocycles. The van der Waals surface area contributed by atoms with Crippen LogP contribution in [0.15, 0.2) is 71.2 Å². The molecule has 188 valence electrons. The van der Waals surface area contributed by atoms with Crippen LogP contribution in [-0.4, -0.2) is 28.1 Å². The molecule has 36 heavy (non-hydrogen) atoms. The van der Waals surface area contributed by atoms with Crippen LogP contribution in [0.4, 0.5) is 18.0 Å². The molecule has 1 fully saturated rings. The third kappa shape index (κ3) is 5.81. The van der Waals surface area contributed by atoms with E-state index in [-0.39, 0.29) is 29.6 Å². The first kappa shape index (κ1) is 25.6. The molecule has 3 aromatic carbocycles. The van der Waals surface area contributed by atoms with E-state index in [0.717, 1.165) is 17.7 Å². The predicted molar refractivity (Wildman–Crippen MR) is 128 cm³/mol. The predicted octanol–water partition coefficient (Wildman–Crippen LogP) is 6.97. The third-order valence-electron chi connectivity index (χ3n) is 5.76. The number of halogens is 4. The van der Waals surface area contributed by atoms with E-state index in [1.54, 1.807) is 18.2 Å². The van der Waals surface area contributed by atoms with Crippen LogP contribution in [0.25, 0.3) is 0 Å². The van der Waals surface area contributed by atoms with Crippen LogP contribution in [0.3, 0.4) is 0 Å². The zero-order valence-corrected chi connectivity index (χ0v) is 20.5. The van der Waals surface area contributed by atoms with Gasteiger partial charge in [0.25, 0.3) is 0 Å². The topological polar surface area (TPSA) is 76.1 Å². The monoisotopic (exact) mass is 563 g/mol. The molecule has 10 heteroatoms. The van der Waals surface area contributed by atoms with Crippen molar-refractivity contribution in [3.8, 4) is 11.5 Å². The summed E-state index contributed by atoms with van der Waals surface area (Å²) in [6.45, 7) is 1.94. The second-order valence-electron chi connectivity index (χ2n) is 8.37. The summed E-state index contributed by atoms with van der Waals surface area (Å²) in [6, 6.07) is 16.8. The average Bonchev–Trinajstić information content (AvgIpc) is 3.08. The van der Waals surface area contributed by atoms with Crippen molar-refractivity contribution in [2.75, 3.05) is 0 Å². The van der Waals surface area contributed by atoms with Gasteiger partial charge >= 0.3 is 18.2 Å². The van der Waals surface area contributed by atoms with Gasteiger partial charge in [0.2, 0.25) is 0 Å². The number of carbonyl (C=O) groups excluding carboxylic acids is 1. The summed E-state index contributed by atoms with van der Waals surface area (Å²) in [7, 11) is 0. The van der Waals surface area contributed by atoms with Gasteiger partial charge in [-0.15, -0.1) is 0 Å². The van der Waals surface area contributed by atoms with E-state index >= 15 is 0 Å². The van der Waals surface area contributed by atoms with Gasteiger partial charge in [0.15, 0.2) is 0 Å². The Morgan fingerprint density at radius 1 is 1.11 bits per heavy atom. The highest BCUT2D eigenvalue weighted by atomic mass is 79.9. The van der Waals surface area contributed by atoms with Gasteiger partial charge in [0.1, 0.15) is 17.6 Å². The molecule has 6 nitrogen and oxygen atoms in total. The molecule has 1 heterocycles. The van der Waals surface area contributed by atoms with Gasteiger partial charge in [0.05, 0.1) is 24.6 Å². The number of alkyl halides is 3. The molecular formula is C26H21BrF3NO5. The highest BCUT2D eigenvalue weighted by Crippen LogP contribution is 2.38. The number of carbonyl (C=O) groups is 2. The van der Waals surface area contributed by atoms with E-state index in [9.17, 15) is 22.8 Å². The molecule has 0 unspecified atom stereocenters. The maximum atomic E-state index is 13.4. The average molecular weight is 564 g/mol. The highest BCUT2D eigenvalue weighted by Gasteiger charge is 2.40. The molecule has 0 aromatic heterocycles. The SMILES string of the molecule is C[C@H]1[C@@H](c2ccccc2)OC(=O)N1Cc1cc(Br)ccc1Oc1cc(CC(=O)O)cc(C(F)(F)F)c1. The number of amides is 1. The molecule has 1 amide bonds. The number of carboxylic acid groups (broad SMARTS) is 1. The maximum absolute atomic E-state index is 13.4. The molecule has 0 radical (unpaired) electrons. The lowest BCUT2D eigenvalue weighted by molar-refractivity contribution is -0.138. The Morgan fingerprint density at radius 3 is 2.50 bits per heavy atom. The van der Waals surface area contributed by atoms with Crippen molar-refractivity contribution >= 4 is 28.0 Å². The third-order valence-corrected chi connectivity index (χ3v) is 6.25. The maximum Gasteiger partial charge on any atom is 0.416 e. The first-order chi connectivity index (χ1) is 17.0. The van der Waals surface area contributed by atoms with E-state index < -0.39 is 36.3 Å². The van der Waals surface area contributed by atoms with Crippen LogP contribution in [-0.2, 0) is 28.7 Å². The molecular weight excluding hydrogens is 543 g/mol. The van der Waals surface area contributed by atoms with E-state index in [2.05, 4.69) is 15.9 Å². The summed E-state index contributed by atoms with van der Waals surface area (Å²) in [6.07, 6.45) is -6.27. The van der Waals surface area contributed by atoms with Gasteiger partial charge in [-0.25, -0.2) is 4.79 Å². The van der Waals surface area contributed by atoms with Crippen LogP contribution in [0, 0.1) is 0 Å². The van der Waals surface area contributed by atoms with Gasteiger partial charge < -0.3 is 14.6 Å². The van der Waals surface area contributed by atoms with Crippen LogP contribution in [0.5, 0.6) is 11.5 Å². The second kappa shape index (κ2) is 10.2. The molecule has 0 aliphatic carbocycles. The van der Waals surface area contributed by atoms with Gasteiger partial charge in [-0.3, -0.25) is 9.69 Å². The van der Waals surface area contributed by atoms with Crippen molar-refractivity contribution in [1.29, 1.82) is 0 Å². The summed E-state index contributed by atoms with van der Waals surface area (Å²) in [4.78, 5) is 25.3. The molecule has 0 spiro atoms. The fourth-order valence-electron chi connectivity index (χ4n) is 4.04. The summed E-state index contributed by atoms with van der Waals surface area (Å²) in [5.41, 5.74) is 0.311. The first-order valence-electron chi connectivity index (χ1n) is 10.9. The second-order valence-corrected chi connectivity index (χ2v) is 9.29. The zero-order chi connectivity index (χ0) is 26.0. The van der Waals surface area contributed by atoms with Crippen molar-refractivity contribution in [2.45, 2.75) is 38.2 Å². The number of nitrogens with zero attached hydrogens (tertiary/aromatic N) is 1. The van der Waals surface area contributed by atoms with E-state index in [4.69, 9.17) is 14.6 Å². The molecule has 1 aliphatic heterocycles. The van der Waals surface area contributed by atoms with Crippen LogP contribution < -0.4 is 4.74 Å². The Balaban J connectivity index is 1.63. The van der Waals surface area contributed by atoms with Crippen LogP contribution in [0.2, 0.25) is 0 Å². The summed E-state index contributed by atoms with van der Waals surface area (Å²) < 4.78 is 52.4. The van der Waals surface area contributed by atoms with Gasteiger partial charge in [0, 0.05) is 10.0 Å². The molecule has 3 aromatic rings. The largest absolute Gasteiger partial charge is 0.481 e. The first-order valence-corrected chi connectivity index (χ1v) is 11.7. The van der Waals surface area contributed by atoms with Gasteiger partial charge in [-0.05, 0) is 54.4 Å². The number of carboxylic acids is 1. The van der Waals surface area contributed by atoms with Crippen molar-refractivity contribution in [3.05, 3.63) is 93.5 Å². The summed E-state index contributed by atoms with van der Waals surface area (Å²) >= 11 is 3.38. The lowest BCUT2D eigenvalue weighted by atomic mass is 10.0. The fraction of sp³-hybridized carbons (Fsp3) is 0.231. The number of cyclic esters (lactones) is 1. The fourth-order valence-corrected chi connectivity index (χ4v) is 4.45. The van der Waals surface area contributed by atoms with Crippen molar-refractivity contribution < 1.29 is 37.3 Å². The Bertz CT molecular complexity index is 1280. The van der Waals surface area contributed by atoms with Crippen LogP contribution in [0.1, 0.15) is 35.3 Å². The molecule has 2 atom stereocenters. The summed E-state index contributed by atoms with van der Waals surface area (Å²) in [5, 5.41) is 9.05. The minimum absolute atomic E-state index is 0.0477. The molecule has 1 aliphatic rings. The molecule has 0 saturated carbocycles. The molecule has 0 bridgehead atoms. The molecule has 1 N–H and O–H groups in total. The number of ether oxygens (including phenoxy) is 2. The minimum atomic E-state index is -4.68. The highest BCUT2D eigenvalue weighted by molar-refractivity contribution is 9.10. The quantitative estimate of drug-likeness (QED) is 0.336. The Kier molecular flexibility index (Phi) is 7.26. The Labute approximate surface area is 213 Å². The van der Waals surface area contributed by atoms with E-state index in [1.165, 1.54) is 11.0 Å². The number of hydrogen-bond donors (Lipinski definition) is 1. The van der Waals surface area contributed by atoms with Crippen molar-refractivity contribution in [1.82, 2.24) is 4.90 Å². The minimum Gasteiger partial charge on any atom is -0.481 e.